The Balaban J connectivity index is 0.855. The number of carbonyl (C=O) groups is 3. The van der Waals surface area contributed by atoms with E-state index in [0.29, 0.717) is 75.4 Å². The molecule has 0 aliphatic carbocycles. The third-order valence-corrected chi connectivity index (χ3v) is 16.4. The van der Waals surface area contributed by atoms with E-state index in [1.54, 1.807) is 59.1 Å². The van der Waals surface area contributed by atoms with Crippen LogP contribution in [0.25, 0.3) is 33.4 Å². The molecular formula is C63H53F9N12O4. The molecule has 4 unspecified atom stereocenters. The smallest absolute Gasteiger partial charge is 0.391 e. The lowest BCUT2D eigenvalue weighted by molar-refractivity contribution is -0.138. The van der Waals surface area contributed by atoms with Gasteiger partial charge in [-0.1, -0.05) is 0 Å². The van der Waals surface area contributed by atoms with Crippen LogP contribution in [0, 0.1) is 13.8 Å². The topological polar surface area (TPSA) is 173 Å². The van der Waals surface area contributed by atoms with Crippen molar-refractivity contribution in [2.75, 3.05) is 34.3 Å². The lowest BCUT2D eigenvalue weighted by Crippen LogP contribution is -2.54. The van der Waals surface area contributed by atoms with Crippen molar-refractivity contribution < 1.29 is 59.0 Å². The Morgan fingerprint density at radius 3 is 1.59 bits per heavy atom. The summed E-state index contributed by atoms with van der Waals surface area (Å²) in [6.45, 7) is 6.81. The summed E-state index contributed by atoms with van der Waals surface area (Å²) in [4.78, 5) is 61.9. The number of nitrogens with zero attached hydrogens (tertiary/aromatic N) is 12. The van der Waals surface area contributed by atoms with Crippen molar-refractivity contribution in [1.82, 2.24) is 44.3 Å². The van der Waals surface area contributed by atoms with Crippen LogP contribution < -0.4 is 14.7 Å². The number of pyridine rings is 3. The third-order valence-electron chi connectivity index (χ3n) is 16.4. The normalized spacial score (nSPS) is 18.4. The molecule has 0 bridgehead atoms. The van der Waals surface area contributed by atoms with Crippen LogP contribution in [0.3, 0.4) is 0 Å². The molecule has 0 saturated carbocycles. The van der Waals surface area contributed by atoms with Gasteiger partial charge in [0.05, 0.1) is 72.1 Å². The molecule has 0 fully saturated rings. The first-order valence-electron chi connectivity index (χ1n) is 28.0. The molecule has 0 saturated heterocycles. The average molecular weight is 1210 g/mol. The highest BCUT2D eigenvalue weighted by Gasteiger charge is 2.45. The summed E-state index contributed by atoms with van der Waals surface area (Å²) in [7, 11) is 0. The molecule has 16 nitrogen and oxygen atoms in total. The SMILES string of the molecule is Cc1cc(-c2cnn3c2C(=O)N(c2ccc(C(F)(F)F)cc2)CC3CCCc2cc(-c3cnn4c3C(=O)N(c3ccc(C(F)(F)F)cc3)CC4(C)Cc3cc(-c4cnn5c4C(=O)N(c4ccc(C(F)(F)F)cc4)CC5C(C)O)cc(C)n3)ccn2)ccn1. The van der Waals surface area contributed by atoms with Crippen molar-refractivity contribution in [3.8, 4) is 33.4 Å². The van der Waals surface area contributed by atoms with E-state index in [1.165, 1.54) is 75.1 Å². The first kappa shape index (κ1) is 58.8. The Morgan fingerprint density at radius 2 is 1.02 bits per heavy atom. The second-order valence-electron chi connectivity index (χ2n) is 22.6. The minimum atomic E-state index is -4.66. The molecular weight excluding hydrogens is 1160 g/mol. The Morgan fingerprint density at radius 1 is 0.557 bits per heavy atom. The van der Waals surface area contributed by atoms with E-state index in [-0.39, 0.29) is 60.2 Å². The van der Waals surface area contributed by atoms with Gasteiger partial charge in [0.1, 0.15) is 17.1 Å². The molecule has 12 rings (SSSR count). The molecule has 88 heavy (non-hydrogen) atoms. The molecule has 1 N–H and O–H groups in total. The van der Waals surface area contributed by atoms with Gasteiger partial charge in [-0.15, -0.1) is 0 Å². The lowest BCUT2D eigenvalue weighted by atomic mass is 9.89. The number of carbonyl (C=O) groups excluding carboxylic acids is 3. The van der Waals surface area contributed by atoms with Crippen LogP contribution in [0.2, 0.25) is 0 Å². The van der Waals surface area contributed by atoms with Gasteiger partial charge in [0.15, 0.2) is 0 Å². The number of fused-ring (bicyclic) bond motifs is 3. The molecule has 9 aromatic rings. The number of rotatable bonds is 13. The molecule has 3 aromatic carbocycles. The Kier molecular flexibility index (Phi) is 14.7. The van der Waals surface area contributed by atoms with Crippen molar-refractivity contribution in [2.45, 2.75) is 95.6 Å². The quantitative estimate of drug-likeness (QED) is 0.109. The van der Waals surface area contributed by atoms with E-state index in [9.17, 15) is 54.2 Å². The number of aliphatic hydroxyl groups excluding tert-OH is 1. The molecule has 4 atom stereocenters. The second kappa shape index (κ2) is 22.0. The van der Waals surface area contributed by atoms with Crippen LogP contribution >= 0.6 is 0 Å². The lowest BCUT2D eigenvalue weighted by Gasteiger charge is -2.41. The summed E-state index contributed by atoms with van der Waals surface area (Å²) < 4.78 is 128. The third kappa shape index (κ3) is 10.9. The van der Waals surface area contributed by atoms with E-state index < -0.39 is 76.7 Å². The highest BCUT2D eigenvalue weighted by atomic mass is 19.4. The van der Waals surface area contributed by atoms with Gasteiger partial charge in [0, 0.05) is 81.9 Å². The summed E-state index contributed by atoms with van der Waals surface area (Å²) in [6.07, 6.45) is -5.72. The number of anilines is 3. The molecule has 25 heteroatoms. The van der Waals surface area contributed by atoms with Crippen LogP contribution in [0.1, 0.15) is 110 Å². The van der Waals surface area contributed by atoms with Crippen molar-refractivity contribution >= 4 is 34.8 Å². The number of benzene rings is 3. The molecule has 0 radical (unpaired) electrons. The monoisotopic (exact) mass is 1210 g/mol. The molecule has 3 aliphatic rings. The minimum Gasteiger partial charge on any atom is -0.391 e. The molecule has 0 spiro atoms. The van der Waals surface area contributed by atoms with Crippen molar-refractivity contribution in [2.24, 2.45) is 0 Å². The summed E-state index contributed by atoms with van der Waals surface area (Å²) in [5.74, 6) is -1.57. The molecule has 452 valence electrons. The highest BCUT2D eigenvalue weighted by molar-refractivity contribution is 6.12. The van der Waals surface area contributed by atoms with Gasteiger partial charge in [-0.2, -0.15) is 54.8 Å². The van der Waals surface area contributed by atoms with Crippen LogP contribution in [-0.2, 0) is 36.9 Å². The maximum Gasteiger partial charge on any atom is 0.416 e. The Hall–Kier alpha value is -9.52. The second-order valence-corrected chi connectivity index (χ2v) is 22.6. The summed E-state index contributed by atoms with van der Waals surface area (Å²) in [5.41, 5.74) is 2.51. The zero-order chi connectivity index (χ0) is 62.4. The summed E-state index contributed by atoms with van der Waals surface area (Å²) in [5, 5.41) is 25.0. The van der Waals surface area contributed by atoms with Gasteiger partial charge in [-0.3, -0.25) is 43.4 Å². The predicted molar refractivity (Wildman–Crippen MR) is 305 cm³/mol. The first-order chi connectivity index (χ1) is 41.7. The Labute approximate surface area is 496 Å². The largest absolute Gasteiger partial charge is 0.416 e. The number of halogens is 9. The highest BCUT2D eigenvalue weighted by Crippen LogP contribution is 2.42. The minimum absolute atomic E-state index is 0.0674. The molecule has 3 aliphatic heterocycles. The van der Waals surface area contributed by atoms with Crippen LogP contribution in [0.4, 0.5) is 56.6 Å². The first-order valence-corrected chi connectivity index (χ1v) is 28.0. The van der Waals surface area contributed by atoms with Gasteiger partial charge in [-0.05, 0) is 173 Å². The fourth-order valence-corrected chi connectivity index (χ4v) is 12.1. The van der Waals surface area contributed by atoms with E-state index in [1.807, 2.05) is 26.0 Å². The van der Waals surface area contributed by atoms with Crippen LogP contribution in [0.5, 0.6) is 0 Å². The predicted octanol–water partition coefficient (Wildman–Crippen LogP) is 12.6. The fourth-order valence-electron chi connectivity index (χ4n) is 12.1. The van der Waals surface area contributed by atoms with Gasteiger partial charge in [0.2, 0.25) is 0 Å². The number of aromatic nitrogens is 9. The average Bonchev–Trinajstić information content (AvgIpc) is 2.22. The zero-order valence-electron chi connectivity index (χ0n) is 47.4. The van der Waals surface area contributed by atoms with E-state index >= 15 is 4.79 Å². The fraction of sp³-hybridized carbons (Fsp3) is 0.286. The van der Waals surface area contributed by atoms with E-state index in [0.717, 1.165) is 36.4 Å². The number of alkyl halides is 9. The maximum atomic E-state index is 15.1. The number of hydrogen-bond acceptors (Lipinski definition) is 10. The van der Waals surface area contributed by atoms with Crippen LogP contribution in [-0.4, -0.2) is 92.9 Å². The Bertz CT molecular complexity index is 4170. The maximum absolute atomic E-state index is 15.1. The number of hydrogen-bond donors (Lipinski definition) is 1. The van der Waals surface area contributed by atoms with Crippen molar-refractivity contribution in [3.05, 3.63) is 197 Å². The van der Waals surface area contributed by atoms with Crippen molar-refractivity contribution in [3.63, 3.8) is 0 Å². The number of aliphatic hydroxyl groups is 1. The standard InChI is InChI=1S/C63H53F9N12O4/c1-35-24-38(20-22-73-35)50-29-75-82-49(32-79(57(86)54(50)82)46-14-8-41(9-15-46)61(64,65)66)7-5-6-44-26-39(21-23-74-44)51-31-77-84-56(51)59(88)81(48-18-12-43(13-19-48)63(70,71)72)34-60(84,4)28-45-27-40(25-36(2)78-45)52-30-76-83-53(37(3)85)33-80(58(87)55(52)83)47-16-10-42(11-17-47)62(67,68)69/h8-27,29-31,37,49,53,85H,5-7,28,32-34H2,1-4H3. The molecule has 3 amide bonds. The van der Waals surface area contributed by atoms with Crippen LogP contribution in [0.15, 0.2) is 140 Å². The molecule has 9 heterocycles. The van der Waals surface area contributed by atoms with Gasteiger partial charge >= 0.3 is 18.5 Å². The van der Waals surface area contributed by atoms with Crippen molar-refractivity contribution in [1.29, 1.82) is 0 Å². The zero-order valence-corrected chi connectivity index (χ0v) is 47.4. The summed E-state index contributed by atoms with van der Waals surface area (Å²) >= 11 is 0. The summed E-state index contributed by atoms with van der Waals surface area (Å²) in [6, 6.07) is 22.2. The van der Waals surface area contributed by atoms with E-state index in [2.05, 4.69) is 20.2 Å². The van der Waals surface area contributed by atoms with E-state index in [4.69, 9.17) is 10.1 Å². The van der Waals surface area contributed by atoms with Gasteiger partial charge in [0.25, 0.3) is 17.7 Å². The number of amides is 3. The number of aryl methyl sites for hydroxylation is 3. The van der Waals surface area contributed by atoms with Gasteiger partial charge < -0.3 is 19.8 Å². The van der Waals surface area contributed by atoms with Gasteiger partial charge in [-0.25, -0.2) is 0 Å². The molecule has 6 aromatic heterocycles.